The molecule has 124 valence electrons. The van der Waals surface area contributed by atoms with Crippen LogP contribution in [0.2, 0.25) is 0 Å². The lowest BCUT2D eigenvalue weighted by Crippen LogP contribution is -2.54. The molecule has 3 rings (SSSR count). The number of carbonyl (C=O) groups is 2. The Bertz CT molecular complexity index is 601. The van der Waals surface area contributed by atoms with Crippen LogP contribution in [0, 0.1) is 5.82 Å². The molecule has 0 N–H and O–H groups in total. The topological polar surface area (TPSA) is 49.9 Å². The quantitative estimate of drug-likeness (QED) is 0.834. The van der Waals surface area contributed by atoms with Crippen molar-refractivity contribution < 1.29 is 18.7 Å². The third-order valence-corrected chi connectivity index (χ3v) is 4.59. The Balaban J connectivity index is 1.89. The summed E-state index contributed by atoms with van der Waals surface area (Å²) < 4.78 is 19.2. The van der Waals surface area contributed by atoms with Crippen LogP contribution in [-0.2, 0) is 14.3 Å². The van der Waals surface area contributed by atoms with Crippen LogP contribution in [0.15, 0.2) is 24.3 Å². The zero-order chi connectivity index (χ0) is 16.4. The summed E-state index contributed by atoms with van der Waals surface area (Å²) in [6.07, 6.45) is 2.31. The molecule has 23 heavy (non-hydrogen) atoms. The molecule has 1 aromatic rings. The molecule has 0 bridgehead atoms. The fourth-order valence-electron chi connectivity index (χ4n) is 3.30. The summed E-state index contributed by atoms with van der Waals surface area (Å²) in [6, 6.07) is 5.42. The summed E-state index contributed by atoms with van der Waals surface area (Å²) in [6.45, 7) is 1.31. The van der Waals surface area contributed by atoms with Crippen molar-refractivity contribution in [3.8, 4) is 0 Å². The van der Waals surface area contributed by atoms with Gasteiger partial charge in [0.25, 0.3) is 5.91 Å². The van der Waals surface area contributed by atoms with Gasteiger partial charge >= 0.3 is 0 Å². The first kappa shape index (κ1) is 15.9. The maximum Gasteiger partial charge on any atom is 0.254 e. The zero-order valence-corrected chi connectivity index (χ0v) is 13.2. The number of likely N-dealkylation sites (N-methyl/N-ethyl adjacent to an activating group) is 1. The van der Waals surface area contributed by atoms with Gasteiger partial charge in [0.05, 0.1) is 6.04 Å². The molecule has 0 aromatic heterocycles. The Hall–Kier alpha value is -1.95. The largest absolute Gasteiger partial charge is 0.356 e. The molecule has 0 aliphatic carbocycles. The van der Waals surface area contributed by atoms with Gasteiger partial charge in [0.2, 0.25) is 5.91 Å². The van der Waals surface area contributed by atoms with Crippen molar-refractivity contribution >= 4 is 11.8 Å². The average molecular weight is 320 g/mol. The smallest absolute Gasteiger partial charge is 0.254 e. The van der Waals surface area contributed by atoms with Crippen LogP contribution in [0.1, 0.15) is 30.9 Å². The van der Waals surface area contributed by atoms with Gasteiger partial charge in [-0.3, -0.25) is 9.59 Å². The SMILES string of the molecule is CN1C(=O)COC(C(=O)N2CCCCC2)C1c1cccc(F)c1. The van der Waals surface area contributed by atoms with Gasteiger partial charge in [0, 0.05) is 20.1 Å². The summed E-state index contributed by atoms with van der Waals surface area (Å²) in [7, 11) is 1.64. The highest BCUT2D eigenvalue weighted by Crippen LogP contribution is 2.31. The third kappa shape index (κ3) is 3.22. The van der Waals surface area contributed by atoms with Crippen LogP contribution in [0.25, 0.3) is 0 Å². The van der Waals surface area contributed by atoms with E-state index in [1.54, 1.807) is 24.1 Å². The van der Waals surface area contributed by atoms with Crippen molar-refractivity contribution in [3.05, 3.63) is 35.6 Å². The van der Waals surface area contributed by atoms with Crippen LogP contribution < -0.4 is 0 Å². The minimum atomic E-state index is -0.780. The number of carbonyl (C=O) groups excluding carboxylic acids is 2. The molecule has 0 saturated carbocycles. The highest BCUT2D eigenvalue weighted by atomic mass is 19.1. The molecule has 2 atom stereocenters. The van der Waals surface area contributed by atoms with Crippen molar-refractivity contribution in [1.29, 1.82) is 0 Å². The summed E-state index contributed by atoms with van der Waals surface area (Å²) in [4.78, 5) is 28.1. The predicted octanol–water partition coefficient (Wildman–Crippen LogP) is 1.74. The molecule has 2 fully saturated rings. The molecule has 1 aromatic carbocycles. The molecule has 2 unspecified atom stereocenters. The van der Waals surface area contributed by atoms with E-state index in [1.165, 1.54) is 17.0 Å². The number of morpholine rings is 1. The maximum atomic E-state index is 13.6. The molecular formula is C17H21FN2O3. The molecule has 2 aliphatic rings. The molecule has 2 heterocycles. The van der Waals surface area contributed by atoms with E-state index in [2.05, 4.69) is 0 Å². The van der Waals surface area contributed by atoms with Crippen LogP contribution in [0.4, 0.5) is 4.39 Å². The maximum absolute atomic E-state index is 13.6. The number of ether oxygens (including phenoxy) is 1. The van der Waals surface area contributed by atoms with Crippen molar-refractivity contribution in [1.82, 2.24) is 9.80 Å². The number of hydrogen-bond donors (Lipinski definition) is 0. The van der Waals surface area contributed by atoms with E-state index in [0.29, 0.717) is 18.7 Å². The second kappa shape index (κ2) is 6.66. The number of halogens is 1. The van der Waals surface area contributed by atoms with Crippen molar-refractivity contribution in [2.24, 2.45) is 0 Å². The highest BCUT2D eigenvalue weighted by molar-refractivity contribution is 5.86. The van der Waals surface area contributed by atoms with Gasteiger partial charge in [0.1, 0.15) is 12.4 Å². The van der Waals surface area contributed by atoms with Crippen molar-refractivity contribution in [2.45, 2.75) is 31.4 Å². The lowest BCUT2D eigenvalue weighted by molar-refractivity contribution is -0.168. The van der Waals surface area contributed by atoms with Crippen molar-refractivity contribution in [3.63, 3.8) is 0 Å². The Kier molecular flexibility index (Phi) is 4.61. The van der Waals surface area contributed by atoms with Gasteiger partial charge in [-0.15, -0.1) is 0 Å². The molecule has 2 saturated heterocycles. The summed E-state index contributed by atoms with van der Waals surface area (Å²) in [5, 5.41) is 0. The molecule has 0 radical (unpaired) electrons. The van der Waals surface area contributed by atoms with Gasteiger partial charge in [-0.2, -0.15) is 0 Å². The van der Waals surface area contributed by atoms with E-state index < -0.39 is 18.0 Å². The lowest BCUT2D eigenvalue weighted by Gasteiger charge is -2.41. The Morgan fingerprint density at radius 1 is 1.26 bits per heavy atom. The summed E-state index contributed by atoms with van der Waals surface area (Å²) >= 11 is 0. The number of amides is 2. The standard InChI is InChI=1S/C17H21FN2O3/c1-19-14(21)11-23-16(17(22)20-8-3-2-4-9-20)15(19)12-6-5-7-13(18)10-12/h5-7,10,15-16H,2-4,8-9,11H2,1H3. The third-order valence-electron chi connectivity index (χ3n) is 4.59. The molecule has 6 heteroatoms. The van der Waals surface area contributed by atoms with Crippen LogP contribution in [0.5, 0.6) is 0 Å². The first-order valence-electron chi connectivity index (χ1n) is 7.99. The van der Waals surface area contributed by atoms with E-state index in [9.17, 15) is 14.0 Å². The first-order chi connectivity index (χ1) is 11.1. The van der Waals surface area contributed by atoms with Gasteiger partial charge in [-0.25, -0.2) is 4.39 Å². The molecular weight excluding hydrogens is 299 g/mol. The summed E-state index contributed by atoms with van der Waals surface area (Å²) in [5.74, 6) is -0.710. The minimum Gasteiger partial charge on any atom is -0.356 e. The second-order valence-electron chi connectivity index (χ2n) is 6.12. The number of piperidine rings is 1. The van der Waals surface area contributed by atoms with E-state index >= 15 is 0 Å². The highest BCUT2D eigenvalue weighted by Gasteiger charge is 2.42. The van der Waals surface area contributed by atoms with Gasteiger partial charge in [-0.05, 0) is 37.0 Å². The Labute approximate surface area is 135 Å². The molecule has 0 spiro atoms. The van der Waals surface area contributed by atoms with Crippen LogP contribution in [-0.4, -0.2) is 54.5 Å². The van der Waals surface area contributed by atoms with Crippen LogP contribution in [0.3, 0.4) is 0 Å². The number of rotatable bonds is 2. The zero-order valence-electron chi connectivity index (χ0n) is 13.2. The normalized spacial score (nSPS) is 25.6. The fraction of sp³-hybridized carbons (Fsp3) is 0.529. The molecule has 2 amide bonds. The molecule has 2 aliphatic heterocycles. The van der Waals surface area contributed by atoms with Gasteiger partial charge in [0.15, 0.2) is 6.10 Å². The van der Waals surface area contributed by atoms with E-state index in [-0.39, 0.29) is 18.4 Å². The monoisotopic (exact) mass is 320 g/mol. The number of hydrogen-bond acceptors (Lipinski definition) is 3. The average Bonchev–Trinajstić information content (AvgIpc) is 2.57. The minimum absolute atomic E-state index is 0.113. The number of nitrogens with zero attached hydrogens (tertiary/aromatic N) is 2. The van der Waals surface area contributed by atoms with E-state index in [1.807, 2.05) is 0 Å². The Morgan fingerprint density at radius 2 is 2.00 bits per heavy atom. The van der Waals surface area contributed by atoms with Crippen LogP contribution >= 0.6 is 0 Å². The lowest BCUT2D eigenvalue weighted by atomic mass is 9.96. The molecule has 5 nitrogen and oxygen atoms in total. The summed E-state index contributed by atoms with van der Waals surface area (Å²) in [5.41, 5.74) is 0.580. The predicted molar refractivity (Wildman–Crippen MR) is 82.1 cm³/mol. The van der Waals surface area contributed by atoms with E-state index in [4.69, 9.17) is 4.74 Å². The van der Waals surface area contributed by atoms with Gasteiger partial charge < -0.3 is 14.5 Å². The first-order valence-corrected chi connectivity index (χ1v) is 7.99. The van der Waals surface area contributed by atoms with Crippen molar-refractivity contribution in [2.75, 3.05) is 26.7 Å². The second-order valence-corrected chi connectivity index (χ2v) is 6.12. The number of benzene rings is 1. The van der Waals surface area contributed by atoms with E-state index in [0.717, 1.165) is 19.3 Å². The van der Waals surface area contributed by atoms with Gasteiger partial charge in [-0.1, -0.05) is 12.1 Å². The number of likely N-dealkylation sites (tertiary alicyclic amines) is 1. The fourth-order valence-corrected chi connectivity index (χ4v) is 3.30. The Morgan fingerprint density at radius 3 is 2.70 bits per heavy atom.